The van der Waals surface area contributed by atoms with Gasteiger partial charge in [0.25, 0.3) is 0 Å². The van der Waals surface area contributed by atoms with Crippen molar-refractivity contribution in [1.29, 1.82) is 0 Å². The number of carbonyl (C=O) groups is 1. The fourth-order valence-electron chi connectivity index (χ4n) is 2.45. The molecule has 0 aliphatic rings. The quantitative estimate of drug-likeness (QED) is 0.477. The van der Waals surface area contributed by atoms with E-state index in [2.05, 4.69) is 25.7 Å². The van der Waals surface area contributed by atoms with Crippen molar-refractivity contribution in [1.82, 2.24) is 25.0 Å². The molecule has 0 saturated carbocycles. The molecule has 1 amide bonds. The van der Waals surface area contributed by atoms with Crippen LogP contribution >= 0.6 is 46.3 Å². The first-order valence-corrected chi connectivity index (χ1v) is 11.2. The van der Waals surface area contributed by atoms with Gasteiger partial charge in [0.15, 0.2) is 17.1 Å². The number of nitrogens with zero attached hydrogens (tertiary/aromatic N) is 5. The predicted molar refractivity (Wildman–Crippen MR) is 115 cm³/mol. The number of amides is 1. The highest BCUT2D eigenvalue weighted by atomic mass is 35.5. The number of anilines is 1. The molecule has 154 valence electrons. The van der Waals surface area contributed by atoms with E-state index in [1.807, 2.05) is 25.3 Å². The van der Waals surface area contributed by atoms with Crippen LogP contribution in [0.15, 0.2) is 23.4 Å². The molecule has 0 spiro atoms. The van der Waals surface area contributed by atoms with Gasteiger partial charge < -0.3 is 9.30 Å². The van der Waals surface area contributed by atoms with Gasteiger partial charge in [-0.1, -0.05) is 46.3 Å². The second-order valence-corrected chi connectivity index (χ2v) is 8.85. The molecule has 1 atom stereocenters. The molecule has 0 fully saturated rings. The van der Waals surface area contributed by atoms with Crippen LogP contribution in [0.4, 0.5) is 5.13 Å². The van der Waals surface area contributed by atoms with Gasteiger partial charge in [0.2, 0.25) is 11.0 Å². The molecule has 0 aliphatic heterocycles. The van der Waals surface area contributed by atoms with Crippen molar-refractivity contribution in [2.75, 3.05) is 11.1 Å². The number of hydrogen-bond acceptors (Lipinski definition) is 8. The second-order valence-electron chi connectivity index (χ2n) is 5.88. The van der Waals surface area contributed by atoms with Crippen LogP contribution in [0.2, 0.25) is 10.0 Å². The first-order valence-electron chi connectivity index (χ1n) is 8.65. The smallest absolute Gasteiger partial charge is 0.236 e. The highest BCUT2D eigenvalue weighted by molar-refractivity contribution is 7.99. The molecule has 2 heterocycles. The molecule has 12 heteroatoms. The van der Waals surface area contributed by atoms with Crippen LogP contribution in [-0.4, -0.2) is 36.6 Å². The minimum atomic E-state index is -0.395. The zero-order valence-electron chi connectivity index (χ0n) is 15.8. The largest absolute Gasteiger partial charge is 0.481 e. The van der Waals surface area contributed by atoms with Gasteiger partial charge in [-0.3, -0.25) is 10.1 Å². The minimum absolute atomic E-state index is 0.176. The summed E-state index contributed by atoms with van der Waals surface area (Å²) >= 11 is 14.7. The lowest BCUT2D eigenvalue weighted by molar-refractivity contribution is -0.113. The third kappa shape index (κ3) is 5.59. The van der Waals surface area contributed by atoms with E-state index in [-0.39, 0.29) is 11.7 Å². The molecule has 0 bridgehead atoms. The lowest BCUT2D eigenvalue weighted by Gasteiger charge is -2.16. The van der Waals surface area contributed by atoms with E-state index in [1.54, 1.807) is 18.2 Å². The average molecular weight is 473 g/mol. The maximum absolute atomic E-state index is 12.1. The van der Waals surface area contributed by atoms with Gasteiger partial charge in [-0.05, 0) is 39.0 Å². The molecular formula is C17H18Cl2N6O2S2. The number of nitrogens with one attached hydrogen (secondary N) is 1. The molecule has 1 unspecified atom stereocenters. The zero-order chi connectivity index (χ0) is 21.0. The van der Waals surface area contributed by atoms with Crippen LogP contribution in [-0.2, 0) is 11.3 Å². The Bertz CT molecular complexity index is 1010. The van der Waals surface area contributed by atoms with Crippen molar-refractivity contribution in [3.63, 3.8) is 0 Å². The lowest BCUT2D eigenvalue weighted by Crippen LogP contribution is -2.15. The van der Waals surface area contributed by atoms with E-state index >= 15 is 0 Å². The first kappa shape index (κ1) is 21.8. The minimum Gasteiger partial charge on any atom is -0.481 e. The number of thioether (sulfide) groups is 1. The van der Waals surface area contributed by atoms with Gasteiger partial charge in [-0.25, -0.2) is 0 Å². The summed E-state index contributed by atoms with van der Waals surface area (Å²) in [5, 5.41) is 21.8. The summed E-state index contributed by atoms with van der Waals surface area (Å²) in [5.41, 5.74) is 0. The van der Waals surface area contributed by atoms with Crippen LogP contribution in [0.3, 0.4) is 0 Å². The Morgan fingerprint density at radius 1 is 1.31 bits per heavy atom. The highest BCUT2D eigenvalue weighted by Gasteiger charge is 2.20. The number of halogens is 2. The van der Waals surface area contributed by atoms with Gasteiger partial charge in [0.05, 0.1) is 10.8 Å². The summed E-state index contributed by atoms with van der Waals surface area (Å²) in [4.78, 5) is 12.1. The van der Waals surface area contributed by atoms with E-state index in [1.165, 1.54) is 23.1 Å². The fourth-order valence-corrected chi connectivity index (χ4v) is 4.32. The zero-order valence-corrected chi connectivity index (χ0v) is 19.0. The molecular weight excluding hydrogens is 455 g/mol. The van der Waals surface area contributed by atoms with Gasteiger partial charge in [-0.15, -0.1) is 20.4 Å². The summed E-state index contributed by atoms with van der Waals surface area (Å²) in [6, 6.07) is 5.04. The van der Waals surface area contributed by atoms with Crippen molar-refractivity contribution in [2.45, 2.75) is 38.6 Å². The maximum atomic E-state index is 12.1. The molecule has 0 radical (unpaired) electrons. The molecule has 3 aromatic rings. The molecule has 2 aromatic heterocycles. The number of aryl methyl sites for hydroxylation is 1. The fraction of sp³-hybridized carbons (Fsp3) is 0.353. The normalized spacial score (nSPS) is 12.0. The third-order valence-electron chi connectivity index (χ3n) is 3.73. The van der Waals surface area contributed by atoms with Gasteiger partial charge in [0, 0.05) is 11.6 Å². The van der Waals surface area contributed by atoms with E-state index in [4.69, 9.17) is 27.9 Å². The SMILES string of the molecule is CCn1c(SCC(=O)Nc2nnc(C)s2)nnc1C(C)Oc1ccc(Cl)cc1Cl. The molecule has 3 rings (SSSR count). The second kappa shape index (κ2) is 9.75. The monoisotopic (exact) mass is 472 g/mol. The molecule has 1 N–H and O–H groups in total. The Morgan fingerprint density at radius 3 is 2.76 bits per heavy atom. The molecule has 0 saturated heterocycles. The average Bonchev–Trinajstić information content (AvgIpc) is 3.27. The van der Waals surface area contributed by atoms with Crippen LogP contribution < -0.4 is 10.1 Å². The third-order valence-corrected chi connectivity index (χ3v) is 5.98. The number of benzene rings is 1. The summed E-state index contributed by atoms with van der Waals surface area (Å²) in [5.74, 6) is 1.14. The molecule has 29 heavy (non-hydrogen) atoms. The van der Waals surface area contributed by atoms with Crippen LogP contribution in [0, 0.1) is 6.92 Å². The topological polar surface area (TPSA) is 94.8 Å². The Labute approximate surface area is 186 Å². The van der Waals surface area contributed by atoms with Gasteiger partial charge in [-0.2, -0.15) is 0 Å². The van der Waals surface area contributed by atoms with Gasteiger partial charge in [0.1, 0.15) is 10.8 Å². The predicted octanol–water partition coefficient (Wildman–Crippen LogP) is 4.64. The van der Waals surface area contributed by atoms with Crippen LogP contribution in [0.5, 0.6) is 5.75 Å². The molecule has 1 aromatic carbocycles. The highest BCUT2D eigenvalue weighted by Crippen LogP contribution is 2.31. The van der Waals surface area contributed by atoms with Crippen molar-refractivity contribution >= 4 is 57.3 Å². The Balaban J connectivity index is 1.65. The van der Waals surface area contributed by atoms with Crippen molar-refractivity contribution < 1.29 is 9.53 Å². The van der Waals surface area contributed by atoms with Crippen LogP contribution in [0.1, 0.15) is 30.8 Å². The van der Waals surface area contributed by atoms with Gasteiger partial charge >= 0.3 is 0 Å². The van der Waals surface area contributed by atoms with E-state index in [0.29, 0.717) is 38.5 Å². The first-order chi connectivity index (χ1) is 13.9. The Morgan fingerprint density at radius 2 is 2.10 bits per heavy atom. The lowest BCUT2D eigenvalue weighted by atomic mass is 10.3. The summed E-state index contributed by atoms with van der Waals surface area (Å²) in [7, 11) is 0. The van der Waals surface area contributed by atoms with E-state index in [9.17, 15) is 4.79 Å². The molecule has 0 aliphatic carbocycles. The van der Waals surface area contributed by atoms with E-state index < -0.39 is 6.10 Å². The number of hydrogen-bond donors (Lipinski definition) is 1. The van der Waals surface area contributed by atoms with Crippen molar-refractivity contribution in [3.05, 3.63) is 39.1 Å². The maximum Gasteiger partial charge on any atom is 0.236 e. The van der Waals surface area contributed by atoms with E-state index in [0.717, 1.165) is 5.01 Å². The number of rotatable bonds is 8. The molecule has 8 nitrogen and oxygen atoms in total. The Hall–Kier alpha value is -1.88. The number of aromatic nitrogens is 5. The Kier molecular flexibility index (Phi) is 7.33. The van der Waals surface area contributed by atoms with Crippen molar-refractivity contribution in [3.8, 4) is 5.75 Å². The number of carbonyl (C=O) groups excluding carboxylic acids is 1. The van der Waals surface area contributed by atoms with Crippen LogP contribution in [0.25, 0.3) is 0 Å². The summed E-state index contributed by atoms with van der Waals surface area (Å²) in [6.07, 6.45) is -0.395. The standard InChI is InChI=1S/C17H18Cl2N6O2S2/c1-4-25-15(9(2)27-13-6-5-11(18)7-12(13)19)22-24-17(25)28-8-14(26)20-16-23-21-10(3)29-16/h5-7,9H,4,8H2,1-3H3,(H,20,23,26). The summed E-state index contributed by atoms with van der Waals surface area (Å²) in [6.45, 7) is 6.29. The number of ether oxygens (including phenoxy) is 1. The van der Waals surface area contributed by atoms with Crippen molar-refractivity contribution in [2.24, 2.45) is 0 Å². The summed E-state index contributed by atoms with van der Waals surface area (Å²) < 4.78 is 7.84.